The third kappa shape index (κ3) is 3.15. The number of carbonyl (C=O) groups is 2. The molecule has 7 nitrogen and oxygen atoms in total. The summed E-state index contributed by atoms with van der Waals surface area (Å²) >= 11 is 6.08. The van der Waals surface area contributed by atoms with E-state index in [2.05, 4.69) is 16.0 Å². The molecule has 4 N–H and O–H groups in total. The van der Waals surface area contributed by atoms with Crippen LogP contribution in [-0.4, -0.2) is 36.2 Å². The highest BCUT2D eigenvalue weighted by atomic mass is 35.5. The highest BCUT2D eigenvalue weighted by Gasteiger charge is 2.60. The summed E-state index contributed by atoms with van der Waals surface area (Å²) in [6, 6.07) is 11.8. The molecular weight excluding hydrogens is 394 g/mol. The Hall–Kier alpha value is -2.61. The van der Waals surface area contributed by atoms with Gasteiger partial charge in [-0.2, -0.15) is 0 Å². The molecule has 4 atom stereocenters. The highest BCUT2D eigenvalue weighted by Crippen LogP contribution is 2.47. The van der Waals surface area contributed by atoms with Gasteiger partial charge in [0.1, 0.15) is 11.3 Å². The molecule has 2 aliphatic rings. The van der Waals surface area contributed by atoms with Crippen LogP contribution in [0.5, 0.6) is 5.75 Å². The van der Waals surface area contributed by atoms with E-state index < -0.39 is 23.6 Å². The molecule has 1 saturated heterocycles. The van der Waals surface area contributed by atoms with Crippen molar-refractivity contribution in [2.24, 2.45) is 5.92 Å². The molecule has 4 rings (SSSR count). The summed E-state index contributed by atoms with van der Waals surface area (Å²) in [5.41, 5.74) is 0.529. The van der Waals surface area contributed by atoms with Gasteiger partial charge in [0.05, 0.1) is 24.8 Å². The molecule has 1 fully saturated rings. The van der Waals surface area contributed by atoms with E-state index in [1.165, 1.54) is 7.11 Å². The molecule has 2 aromatic rings. The molecule has 8 heteroatoms. The van der Waals surface area contributed by atoms with Crippen molar-refractivity contribution in [3.05, 3.63) is 53.1 Å². The Kier molecular flexibility index (Phi) is 4.98. The van der Waals surface area contributed by atoms with E-state index >= 15 is 0 Å². The fraction of sp³-hybridized carbons (Fsp3) is 0.333. The fourth-order valence-electron chi connectivity index (χ4n) is 4.27. The molecule has 0 bridgehead atoms. The van der Waals surface area contributed by atoms with Crippen LogP contribution < -0.4 is 20.7 Å². The minimum atomic E-state index is -1.26. The van der Waals surface area contributed by atoms with E-state index in [0.717, 1.165) is 0 Å². The predicted octanol–water partition coefficient (Wildman–Crippen LogP) is 2.49. The molecule has 2 heterocycles. The SMILES string of the molecule is COc1ccc(Cl)cc1NC(=O)[C@@H]1C[C@H]([C@H](C)O)N[C@]12C(=O)Nc1ccccc12. The number of hydrogen-bond acceptors (Lipinski definition) is 5. The topological polar surface area (TPSA) is 99.7 Å². The highest BCUT2D eigenvalue weighted by molar-refractivity contribution is 6.31. The van der Waals surface area contributed by atoms with Gasteiger partial charge in [0, 0.05) is 22.3 Å². The maximum Gasteiger partial charge on any atom is 0.250 e. The molecule has 2 aliphatic heterocycles. The first-order chi connectivity index (χ1) is 13.9. The van der Waals surface area contributed by atoms with Crippen molar-refractivity contribution in [3.8, 4) is 5.75 Å². The average Bonchev–Trinajstić information content (AvgIpc) is 3.22. The Morgan fingerprint density at radius 2 is 2.10 bits per heavy atom. The molecule has 0 radical (unpaired) electrons. The van der Waals surface area contributed by atoms with Crippen molar-refractivity contribution in [1.82, 2.24) is 5.32 Å². The van der Waals surface area contributed by atoms with Gasteiger partial charge in [0.25, 0.3) is 0 Å². The van der Waals surface area contributed by atoms with E-state index in [0.29, 0.717) is 34.1 Å². The predicted molar refractivity (Wildman–Crippen MR) is 110 cm³/mol. The Labute approximate surface area is 173 Å². The molecule has 0 unspecified atom stereocenters. The number of anilines is 2. The number of para-hydroxylation sites is 1. The lowest BCUT2D eigenvalue weighted by atomic mass is 9.79. The minimum Gasteiger partial charge on any atom is -0.495 e. The van der Waals surface area contributed by atoms with Gasteiger partial charge in [-0.15, -0.1) is 0 Å². The van der Waals surface area contributed by atoms with Crippen molar-refractivity contribution in [3.63, 3.8) is 0 Å². The van der Waals surface area contributed by atoms with E-state index in [4.69, 9.17) is 16.3 Å². The quantitative estimate of drug-likeness (QED) is 0.614. The maximum absolute atomic E-state index is 13.4. The maximum atomic E-state index is 13.4. The summed E-state index contributed by atoms with van der Waals surface area (Å²) in [5.74, 6) is -0.936. The largest absolute Gasteiger partial charge is 0.495 e. The van der Waals surface area contributed by atoms with Gasteiger partial charge < -0.3 is 20.5 Å². The van der Waals surface area contributed by atoms with Crippen LogP contribution in [0.4, 0.5) is 11.4 Å². The number of halogens is 1. The lowest BCUT2D eigenvalue weighted by Gasteiger charge is -2.29. The molecule has 0 aliphatic carbocycles. The third-order valence-electron chi connectivity index (χ3n) is 5.70. The van der Waals surface area contributed by atoms with Crippen LogP contribution in [0.3, 0.4) is 0 Å². The minimum absolute atomic E-state index is 0.300. The van der Waals surface area contributed by atoms with Gasteiger partial charge >= 0.3 is 0 Å². The van der Waals surface area contributed by atoms with Gasteiger partial charge in [-0.1, -0.05) is 29.8 Å². The number of aliphatic hydroxyl groups excluding tert-OH is 1. The van der Waals surface area contributed by atoms with Crippen LogP contribution in [0.25, 0.3) is 0 Å². The normalized spacial score (nSPS) is 26.1. The molecule has 2 aromatic carbocycles. The fourth-order valence-corrected chi connectivity index (χ4v) is 4.44. The molecular formula is C21H22ClN3O4. The van der Waals surface area contributed by atoms with Crippen molar-refractivity contribution in [2.45, 2.75) is 31.0 Å². The zero-order chi connectivity index (χ0) is 20.8. The summed E-state index contributed by atoms with van der Waals surface area (Å²) in [5, 5.41) is 19.6. The number of fused-ring (bicyclic) bond motifs is 2. The number of hydrogen-bond donors (Lipinski definition) is 4. The van der Waals surface area contributed by atoms with Gasteiger partial charge in [0.15, 0.2) is 0 Å². The van der Waals surface area contributed by atoms with Crippen LogP contribution in [0, 0.1) is 5.92 Å². The van der Waals surface area contributed by atoms with Crippen LogP contribution in [-0.2, 0) is 15.1 Å². The van der Waals surface area contributed by atoms with Gasteiger partial charge in [0.2, 0.25) is 11.8 Å². The van der Waals surface area contributed by atoms with Gasteiger partial charge in [-0.25, -0.2) is 0 Å². The van der Waals surface area contributed by atoms with Gasteiger partial charge in [-0.05, 0) is 37.6 Å². The van der Waals surface area contributed by atoms with Crippen LogP contribution >= 0.6 is 11.6 Å². The number of methoxy groups -OCH3 is 1. The summed E-state index contributed by atoms with van der Waals surface area (Å²) in [6.07, 6.45) is -0.431. The first kappa shape index (κ1) is 19.7. The number of carbonyl (C=O) groups excluding carboxylic acids is 2. The standard InChI is InChI=1S/C21H22ClN3O4/c1-11(26)16-10-14(19(27)23-17-9-12(22)7-8-18(17)29-2)21(25-16)13-5-3-4-6-15(13)24-20(21)28/h3-9,11,14,16,25-26H,10H2,1-2H3,(H,23,27)(H,24,28)/t11-,14-,16+,21-/m0/s1. The Balaban J connectivity index is 1.74. The average molecular weight is 416 g/mol. The number of ether oxygens (including phenoxy) is 1. The van der Waals surface area contributed by atoms with Gasteiger partial charge in [-0.3, -0.25) is 14.9 Å². The summed E-state index contributed by atoms with van der Waals surface area (Å²) < 4.78 is 5.31. The first-order valence-electron chi connectivity index (χ1n) is 9.38. The molecule has 0 aromatic heterocycles. The van der Waals surface area contributed by atoms with E-state index in [1.807, 2.05) is 18.2 Å². The zero-order valence-corrected chi connectivity index (χ0v) is 16.8. The van der Waals surface area contributed by atoms with E-state index in [1.54, 1.807) is 31.2 Å². The second-order valence-electron chi connectivity index (χ2n) is 7.42. The monoisotopic (exact) mass is 415 g/mol. The lowest BCUT2D eigenvalue weighted by molar-refractivity contribution is -0.130. The Bertz CT molecular complexity index is 980. The Morgan fingerprint density at radius 3 is 2.83 bits per heavy atom. The molecule has 152 valence electrons. The second-order valence-corrected chi connectivity index (χ2v) is 7.86. The summed E-state index contributed by atoms with van der Waals surface area (Å²) in [4.78, 5) is 26.5. The third-order valence-corrected chi connectivity index (χ3v) is 5.94. The molecule has 29 heavy (non-hydrogen) atoms. The van der Waals surface area contributed by atoms with E-state index in [-0.39, 0.29) is 11.8 Å². The summed E-state index contributed by atoms with van der Waals surface area (Å²) in [6.45, 7) is 1.64. The van der Waals surface area contributed by atoms with E-state index in [9.17, 15) is 14.7 Å². The molecule has 1 spiro atoms. The number of aliphatic hydroxyl groups is 1. The number of nitrogens with one attached hydrogen (secondary N) is 3. The second kappa shape index (κ2) is 7.33. The smallest absolute Gasteiger partial charge is 0.250 e. The number of rotatable bonds is 4. The molecule has 2 amide bonds. The number of benzene rings is 2. The lowest BCUT2D eigenvalue weighted by Crippen LogP contribution is -2.53. The first-order valence-corrected chi connectivity index (χ1v) is 9.75. The zero-order valence-electron chi connectivity index (χ0n) is 16.0. The summed E-state index contributed by atoms with van der Waals surface area (Å²) in [7, 11) is 1.50. The van der Waals surface area contributed by atoms with Crippen molar-refractivity contribution in [2.75, 3.05) is 17.7 Å². The van der Waals surface area contributed by atoms with Crippen molar-refractivity contribution >= 4 is 34.8 Å². The van der Waals surface area contributed by atoms with Crippen LogP contribution in [0.15, 0.2) is 42.5 Å². The van der Waals surface area contributed by atoms with Crippen molar-refractivity contribution in [1.29, 1.82) is 0 Å². The van der Waals surface area contributed by atoms with Crippen LogP contribution in [0.2, 0.25) is 5.02 Å². The van der Waals surface area contributed by atoms with Crippen molar-refractivity contribution < 1.29 is 19.4 Å². The van der Waals surface area contributed by atoms with Crippen LogP contribution in [0.1, 0.15) is 18.9 Å². The molecule has 0 saturated carbocycles. The number of amides is 2. The Morgan fingerprint density at radius 1 is 1.34 bits per heavy atom.